The maximum Gasteiger partial charge on any atom is 0.340 e. The minimum atomic E-state index is -0.631. The van der Waals surface area contributed by atoms with Gasteiger partial charge >= 0.3 is 5.97 Å². The van der Waals surface area contributed by atoms with Gasteiger partial charge in [0.1, 0.15) is 5.75 Å². The third kappa shape index (κ3) is 3.89. The van der Waals surface area contributed by atoms with E-state index in [4.69, 9.17) is 9.47 Å². The molecule has 2 aromatic heterocycles. The smallest absolute Gasteiger partial charge is 0.340 e. The number of pyridine rings is 1. The maximum absolute atomic E-state index is 12.5. The summed E-state index contributed by atoms with van der Waals surface area (Å²) in [6.45, 7) is 6.14. The number of aromatic nitrogens is 2. The Bertz CT molecular complexity index is 1140. The van der Waals surface area contributed by atoms with Gasteiger partial charge in [-0.2, -0.15) is 0 Å². The number of hydrogen-bond donors (Lipinski definition) is 1. The number of nitrogens with zero attached hydrogens (tertiary/aromatic N) is 1. The average molecular weight is 394 g/mol. The van der Waals surface area contributed by atoms with Crippen molar-refractivity contribution in [2.45, 2.75) is 27.7 Å². The van der Waals surface area contributed by atoms with Crippen LogP contribution in [0.25, 0.3) is 10.9 Å². The summed E-state index contributed by atoms with van der Waals surface area (Å²) >= 11 is 0. The summed E-state index contributed by atoms with van der Waals surface area (Å²) in [5, 5.41) is 0.761. The molecule has 3 aromatic rings. The SMILES string of the molecule is COc1ccc2cc(C(=O)OCC(=O)c3[nH]c(C)c(C(C)=O)c3C)c(C)nc2c1. The number of fused-ring (bicyclic) bond motifs is 1. The predicted molar refractivity (Wildman–Crippen MR) is 108 cm³/mol. The molecular weight excluding hydrogens is 372 g/mol. The highest BCUT2D eigenvalue weighted by molar-refractivity contribution is 6.04. The number of carbonyl (C=O) groups excluding carboxylic acids is 3. The van der Waals surface area contributed by atoms with Crippen LogP contribution in [0.3, 0.4) is 0 Å². The Labute approximate surface area is 168 Å². The van der Waals surface area contributed by atoms with Crippen LogP contribution < -0.4 is 4.74 Å². The largest absolute Gasteiger partial charge is 0.497 e. The molecule has 0 aliphatic heterocycles. The summed E-state index contributed by atoms with van der Waals surface area (Å²) in [6.07, 6.45) is 0. The molecule has 0 bridgehead atoms. The zero-order valence-corrected chi connectivity index (χ0v) is 17.0. The number of ether oxygens (including phenoxy) is 2. The molecule has 7 heteroatoms. The number of methoxy groups -OCH3 is 1. The molecule has 1 N–H and O–H groups in total. The molecule has 1 aromatic carbocycles. The number of aromatic amines is 1. The van der Waals surface area contributed by atoms with Crippen molar-refractivity contribution in [2.24, 2.45) is 0 Å². The van der Waals surface area contributed by atoms with Gasteiger partial charge in [-0.1, -0.05) is 0 Å². The number of esters is 1. The maximum atomic E-state index is 12.5. The van der Waals surface area contributed by atoms with E-state index in [9.17, 15) is 14.4 Å². The first-order valence-corrected chi connectivity index (χ1v) is 9.08. The molecule has 0 saturated carbocycles. The van der Waals surface area contributed by atoms with Crippen molar-refractivity contribution in [3.63, 3.8) is 0 Å². The highest BCUT2D eigenvalue weighted by Crippen LogP contribution is 2.23. The Morgan fingerprint density at radius 1 is 1.10 bits per heavy atom. The quantitative estimate of drug-likeness (QED) is 0.505. The Morgan fingerprint density at radius 3 is 2.45 bits per heavy atom. The molecule has 0 fully saturated rings. The highest BCUT2D eigenvalue weighted by atomic mass is 16.5. The summed E-state index contributed by atoms with van der Waals surface area (Å²) in [5.74, 6) is -0.481. The van der Waals surface area contributed by atoms with E-state index in [2.05, 4.69) is 9.97 Å². The van der Waals surface area contributed by atoms with Crippen LogP contribution in [0, 0.1) is 20.8 Å². The van der Waals surface area contributed by atoms with Gasteiger partial charge in [-0.05, 0) is 51.5 Å². The normalized spacial score (nSPS) is 10.8. The Hall–Kier alpha value is -3.48. The molecule has 0 unspecified atom stereocenters. The van der Waals surface area contributed by atoms with Crippen molar-refractivity contribution in [3.8, 4) is 5.75 Å². The number of hydrogen-bond acceptors (Lipinski definition) is 6. The zero-order chi connectivity index (χ0) is 21.3. The topological polar surface area (TPSA) is 98.4 Å². The molecule has 2 heterocycles. The number of ketones is 2. The zero-order valence-electron chi connectivity index (χ0n) is 17.0. The lowest BCUT2D eigenvalue weighted by atomic mass is 10.1. The van der Waals surface area contributed by atoms with Crippen molar-refractivity contribution in [1.29, 1.82) is 0 Å². The lowest BCUT2D eigenvalue weighted by Gasteiger charge is -2.09. The molecule has 0 saturated heterocycles. The monoisotopic (exact) mass is 394 g/mol. The molecule has 29 heavy (non-hydrogen) atoms. The van der Waals surface area contributed by atoms with Gasteiger partial charge in [-0.25, -0.2) is 4.79 Å². The van der Waals surface area contributed by atoms with E-state index in [1.807, 2.05) is 0 Å². The number of nitrogens with one attached hydrogen (secondary N) is 1. The summed E-state index contributed by atoms with van der Waals surface area (Å²) in [6, 6.07) is 7.05. The second-order valence-corrected chi connectivity index (χ2v) is 6.86. The lowest BCUT2D eigenvalue weighted by Crippen LogP contribution is -2.16. The van der Waals surface area contributed by atoms with Gasteiger partial charge < -0.3 is 14.5 Å². The number of aryl methyl sites for hydroxylation is 2. The molecule has 0 spiro atoms. The molecule has 0 aliphatic rings. The fraction of sp³-hybridized carbons (Fsp3) is 0.273. The van der Waals surface area contributed by atoms with Gasteiger partial charge in [0, 0.05) is 22.7 Å². The standard InChI is InChI=1S/C22H22N2O5/c1-11-20(14(4)25)13(3)24-21(11)19(26)10-29-22(27)17-8-15-6-7-16(28-5)9-18(15)23-12(17)2/h6-9,24H,10H2,1-5H3. The van der Waals surface area contributed by atoms with E-state index in [0.29, 0.717) is 39.3 Å². The van der Waals surface area contributed by atoms with Gasteiger partial charge in [0.25, 0.3) is 0 Å². The molecule has 7 nitrogen and oxygen atoms in total. The number of carbonyl (C=O) groups is 3. The number of benzene rings is 1. The van der Waals surface area contributed by atoms with Gasteiger partial charge in [-0.3, -0.25) is 14.6 Å². The fourth-order valence-electron chi connectivity index (χ4n) is 3.41. The fourth-order valence-corrected chi connectivity index (χ4v) is 3.41. The first kappa shape index (κ1) is 20.3. The average Bonchev–Trinajstić information content (AvgIpc) is 2.99. The molecule has 150 valence electrons. The van der Waals surface area contributed by atoms with Crippen molar-refractivity contribution < 1.29 is 23.9 Å². The van der Waals surface area contributed by atoms with Crippen LogP contribution in [-0.4, -0.2) is 41.2 Å². The van der Waals surface area contributed by atoms with Crippen LogP contribution in [0.1, 0.15) is 55.1 Å². The summed E-state index contributed by atoms with van der Waals surface area (Å²) < 4.78 is 10.4. The summed E-state index contributed by atoms with van der Waals surface area (Å²) in [5.41, 5.74) is 3.44. The van der Waals surface area contributed by atoms with E-state index >= 15 is 0 Å². The first-order chi connectivity index (χ1) is 13.7. The first-order valence-electron chi connectivity index (χ1n) is 9.08. The second kappa shape index (κ2) is 7.87. The summed E-state index contributed by atoms with van der Waals surface area (Å²) in [7, 11) is 1.57. The van der Waals surface area contributed by atoms with Gasteiger partial charge in [0.2, 0.25) is 5.78 Å². The van der Waals surface area contributed by atoms with Gasteiger partial charge in [-0.15, -0.1) is 0 Å². The minimum absolute atomic E-state index is 0.123. The highest BCUT2D eigenvalue weighted by Gasteiger charge is 2.21. The van der Waals surface area contributed by atoms with Gasteiger partial charge in [0.15, 0.2) is 12.4 Å². The van der Waals surface area contributed by atoms with E-state index in [1.54, 1.807) is 52.1 Å². The number of H-pyrrole nitrogens is 1. The second-order valence-electron chi connectivity index (χ2n) is 6.86. The molecule has 0 amide bonds. The van der Waals surface area contributed by atoms with E-state index < -0.39 is 18.4 Å². The van der Waals surface area contributed by atoms with Gasteiger partial charge in [0.05, 0.1) is 29.6 Å². The Kier molecular flexibility index (Phi) is 5.50. The molecular formula is C22H22N2O5. The minimum Gasteiger partial charge on any atom is -0.497 e. The third-order valence-corrected chi connectivity index (χ3v) is 4.84. The number of Topliss-reactive ketones (excluding diaryl/α,β-unsaturated/α-hetero) is 2. The molecule has 0 aliphatic carbocycles. The molecule has 0 atom stereocenters. The summed E-state index contributed by atoms with van der Waals surface area (Å²) in [4.78, 5) is 44.1. The van der Waals surface area contributed by atoms with Crippen LogP contribution in [0.15, 0.2) is 24.3 Å². The number of rotatable bonds is 6. The van der Waals surface area contributed by atoms with Crippen molar-refractivity contribution in [1.82, 2.24) is 9.97 Å². The van der Waals surface area contributed by atoms with Crippen molar-refractivity contribution >= 4 is 28.4 Å². The molecule has 3 rings (SSSR count). The van der Waals surface area contributed by atoms with E-state index in [0.717, 1.165) is 5.39 Å². The van der Waals surface area contributed by atoms with E-state index in [-0.39, 0.29) is 11.5 Å². The van der Waals surface area contributed by atoms with Crippen LogP contribution in [0.4, 0.5) is 0 Å². The Balaban J connectivity index is 1.79. The van der Waals surface area contributed by atoms with Crippen LogP contribution >= 0.6 is 0 Å². The van der Waals surface area contributed by atoms with Crippen LogP contribution in [0.2, 0.25) is 0 Å². The predicted octanol–water partition coefficient (Wildman–Crippen LogP) is 3.74. The Morgan fingerprint density at radius 2 is 1.83 bits per heavy atom. The van der Waals surface area contributed by atoms with E-state index in [1.165, 1.54) is 6.92 Å². The lowest BCUT2D eigenvalue weighted by molar-refractivity contribution is 0.0472. The van der Waals surface area contributed by atoms with Crippen molar-refractivity contribution in [3.05, 3.63) is 58.0 Å². The van der Waals surface area contributed by atoms with Crippen LogP contribution in [-0.2, 0) is 4.74 Å². The third-order valence-electron chi connectivity index (χ3n) is 4.84. The van der Waals surface area contributed by atoms with Crippen molar-refractivity contribution in [2.75, 3.05) is 13.7 Å². The molecule has 0 radical (unpaired) electrons. The van der Waals surface area contributed by atoms with Crippen LogP contribution in [0.5, 0.6) is 5.75 Å².